The van der Waals surface area contributed by atoms with Gasteiger partial charge in [0.1, 0.15) is 11.2 Å². The van der Waals surface area contributed by atoms with E-state index in [0.29, 0.717) is 0 Å². The zero-order valence-electron chi connectivity index (χ0n) is 34.7. The molecule has 0 aliphatic heterocycles. The van der Waals surface area contributed by atoms with E-state index in [1.807, 2.05) is 12.1 Å². The summed E-state index contributed by atoms with van der Waals surface area (Å²) in [5.41, 5.74) is 18.3. The Kier molecular flexibility index (Phi) is 7.32. The minimum atomic E-state index is -0.514. The molecule has 3 heterocycles. The van der Waals surface area contributed by atoms with Crippen LogP contribution in [0, 0.1) is 0 Å². The summed E-state index contributed by atoms with van der Waals surface area (Å²) in [6.45, 7) is 0. The van der Waals surface area contributed by atoms with Gasteiger partial charge >= 0.3 is 0 Å². The molecule has 1 aliphatic rings. The zero-order valence-corrected chi connectivity index (χ0v) is 34.7. The first-order valence-corrected chi connectivity index (χ1v) is 22.1. The van der Waals surface area contributed by atoms with Gasteiger partial charge in [-0.2, -0.15) is 0 Å². The third kappa shape index (κ3) is 4.81. The Morgan fingerprint density at radius 1 is 0.297 bits per heavy atom. The summed E-state index contributed by atoms with van der Waals surface area (Å²) < 4.78 is 11.1. The van der Waals surface area contributed by atoms with Crippen LogP contribution in [-0.2, 0) is 5.41 Å². The number of aromatic nitrogens is 2. The van der Waals surface area contributed by atoms with Crippen LogP contribution in [0.1, 0.15) is 22.3 Å². The molecule has 0 spiro atoms. The number of furan rings is 1. The predicted molar refractivity (Wildman–Crippen MR) is 265 cm³/mol. The van der Waals surface area contributed by atoms with E-state index in [1.54, 1.807) is 0 Å². The van der Waals surface area contributed by atoms with Crippen LogP contribution in [0.4, 0.5) is 0 Å². The largest absolute Gasteiger partial charge is 0.456 e. The first-order valence-electron chi connectivity index (χ1n) is 22.1. The maximum atomic E-state index is 6.26. The van der Waals surface area contributed by atoms with E-state index in [9.17, 15) is 0 Å². The fourth-order valence-corrected chi connectivity index (χ4v) is 11.3. The third-order valence-corrected chi connectivity index (χ3v) is 14.0. The summed E-state index contributed by atoms with van der Waals surface area (Å²) in [6.07, 6.45) is 0. The molecule has 0 atom stereocenters. The van der Waals surface area contributed by atoms with Crippen LogP contribution in [0.15, 0.2) is 235 Å². The molecule has 3 aromatic heterocycles. The topological polar surface area (TPSA) is 23.0 Å². The third-order valence-electron chi connectivity index (χ3n) is 14.0. The number of para-hydroxylation sites is 3. The Labute approximate surface area is 369 Å². The molecular weight excluding hydrogens is 777 g/mol. The lowest BCUT2D eigenvalue weighted by Gasteiger charge is -2.34. The van der Waals surface area contributed by atoms with Crippen molar-refractivity contribution in [2.75, 3.05) is 0 Å². The highest BCUT2D eigenvalue weighted by molar-refractivity contribution is 6.14. The molecular formula is C61H38N2O. The van der Waals surface area contributed by atoms with E-state index < -0.39 is 5.41 Å². The predicted octanol–water partition coefficient (Wildman–Crippen LogP) is 15.8. The SMILES string of the molecule is c1ccc(-n2c3ccccc3c3cc(-n4c5ccc(-c6ccc7oc8ccccc8c7c6)cc5c5cc(C6(c7ccccc7)c7ccccc7-c7ccccc76)ccc54)ccc32)cc1. The fourth-order valence-electron chi connectivity index (χ4n) is 11.3. The van der Waals surface area contributed by atoms with Gasteiger partial charge in [0.25, 0.3) is 0 Å². The van der Waals surface area contributed by atoms with E-state index in [0.717, 1.165) is 44.4 Å². The highest BCUT2D eigenvalue weighted by atomic mass is 16.3. The fraction of sp³-hybridized carbons (Fsp3) is 0.0164. The normalized spacial score (nSPS) is 13.1. The first kappa shape index (κ1) is 35.2. The average molecular weight is 815 g/mol. The Morgan fingerprint density at radius 2 is 0.812 bits per heavy atom. The molecule has 64 heavy (non-hydrogen) atoms. The van der Waals surface area contributed by atoms with Gasteiger partial charge in [-0.25, -0.2) is 0 Å². The summed E-state index contributed by atoms with van der Waals surface area (Å²) in [5.74, 6) is 0. The van der Waals surface area contributed by atoms with Gasteiger partial charge in [0.15, 0.2) is 0 Å². The van der Waals surface area contributed by atoms with Crippen LogP contribution >= 0.6 is 0 Å². The molecule has 298 valence electrons. The van der Waals surface area contributed by atoms with Gasteiger partial charge in [-0.3, -0.25) is 0 Å². The van der Waals surface area contributed by atoms with E-state index in [1.165, 1.54) is 77.0 Å². The van der Waals surface area contributed by atoms with Crippen molar-refractivity contribution in [2.45, 2.75) is 5.41 Å². The van der Waals surface area contributed by atoms with E-state index in [2.05, 4.69) is 228 Å². The van der Waals surface area contributed by atoms with Gasteiger partial charge in [-0.05, 0) is 123 Å². The van der Waals surface area contributed by atoms with E-state index in [4.69, 9.17) is 4.42 Å². The molecule has 14 rings (SSSR count). The number of hydrogen-bond donors (Lipinski definition) is 0. The second kappa shape index (κ2) is 13.3. The second-order valence-corrected chi connectivity index (χ2v) is 17.2. The van der Waals surface area contributed by atoms with Crippen molar-refractivity contribution in [1.82, 2.24) is 9.13 Å². The van der Waals surface area contributed by atoms with Crippen molar-refractivity contribution in [3.8, 4) is 33.6 Å². The highest BCUT2D eigenvalue weighted by Crippen LogP contribution is 2.56. The van der Waals surface area contributed by atoms with Crippen LogP contribution in [0.2, 0.25) is 0 Å². The van der Waals surface area contributed by atoms with Crippen LogP contribution in [0.3, 0.4) is 0 Å². The maximum Gasteiger partial charge on any atom is 0.135 e. The minimum absolute atomic E-state index is 0.514. The average Bonchev–Trinajstić information content (AvgIpc) is 4.09. The molecule has 3 heteroatoms. The highest BCUT2D eigenvalue weighted by Gasteiger charge is 2.46. The number of fused-ring (bicyclic) bond motifs is 12. The maximum absolute atomic E-state index is 6.26. The van der Waals surface area contributed by atoms with Crippen molar-refractivity contribution in [3.05, 3.63) is 253 Å². The van der Waals surface area contributed by atoms with Crippen molar-refractivity contribution >= 4 is 65.6 Å². The first-order chi connectivity index (χ1) is 31.7. The molecule has 3 nitrogen and oxygen atoms in total. The van der Waals surface area contributed by atoms with Gasteiger partial charge in [-0.1, -0.05) is 152 Å². The van der Waals surface area contributed by atoms with Gasteiger partial charge in [0.2, 0.25) is 0 Å². The summed E-state index contributed by atoms with van der Waals surface area (Å²) in [6, 6.07) is 84.8. The summed E-state index contributed by atoms with van der Waals surface area (Å²) in [4.78, 5) is 0. The monoisotopic (exact) mass is 814 g/mol. The van der Waals surface area contributed by atoms with E-state index in [-0.39, 0.29) is 0 Å². The smallest absolute Gasteiger partial charge is 0.135 e. The molecule has 0 bridgehead atoms. The van der Waals surface area contributed by atoms with Crippen LogP contribution in [0.25, 0.3) is 99.2 Å². The van der Waals surface area contributed by atoms with Crippen molar-refractivity contribution in [2.24, 2.45) is 0 Å². The summed E-state index contributed by atoms with van der Waals surface area (Å²) in [5, 5.41) is 7.15. The van der Waals surface area contributed by atoms with Gasteiger partial charge in [0, 0.05) is 43.7 Å². The Morgan fingerprint density at radius 3 is 1.58 bits per heavy atom. The van der Waals surface area contributed by atoms with Gasteiger partial charge < -0.3 is 13.6 Å². The number of rotatable bonds is 5. The van der Waals surface area contributed by atoms with Crippen LogP contribution in [0.5, 0.6) is 0 Å². The standard InChI is InChI=1S/C61H38N2O/c1-3-15-41(16-4-1)61(53-23-11-7-19-45(53)46-20-8-12-24-54(46)61)42-29-32-57-50(37-42)49-35-39(40-28-34-60-52(36-40)48-22-10-14-26-59(48)64-60)27-31-56(49)63(57)44-30-33-58-51(38-44)47-21-9-13-25-55(47)62(58)43-17-5-2-6-18-43/h1-38H. The molecule has 0 saturated heterocycles. The molecule has 1 aliphatic carbocycles. The van der Waals surface area contributed by atoms with Crippen LogP contribution < -0.4 is 0 Å². The lowest BCUT2D eigenvalue weighted by molar-refractivity contribution is 0.669. The van der Waals surface area contributed by atoms with Gasteiger partial charge in [-0.15, -0.1) is 0 Å². The van der Waals surface area contributed by atoms with Gasteiger partial charge in [0.05, 0.1) is 27.5 Å². The van der Waals surface area contributed by atoms with E-state index >= 15 is 0 Å². The molecule has 0 fully saturated rings. The summed E-state index contributed by atoms with van der Waals surface area (Å²) >= 11 is 0. The molecule has 0 N–H and O–H groups in total. The number of hydrogen-bond acceptors (Lipinski definition) is 1. The lowest BCUT2D eigenvalue weighted by atomic mass is 9.67. The minimum Gasteiger partial charge on any atom is -0.456 e. The Hall–Kier alpha value is -8.40. The van der Waals surface area contributed by atoms with Crippen LogP contribution in [-0.4, -0.2) is 9.13 Å². The quantitative estimate of drug-likeness (QED) is 0.170. The van der Waals surface area contributed by atoms with Crippen molar-refractivity contribution in [1.29, 1.82) is 0 Å². The molecule has 0 amide bonds. The van der Waals surface area contributed by atoms with Crippen molar-refractivity contribution < 1.29 is 4.42 Å². The second-order valence-electron chi connectivity index (χ2n) is 17.2. The zero-order chi connectivity index (χ0) is 41.9. The molecule has 0 saturated carbocycles. The molecule has 13 aromatic rings. The lowest BCUT2D eigenvalue weighted by Crippen LogP contribution is -2.28. The molecule has 0 unspecified atom stereocenters. The number of benzene rings is 10. The molecule has 10 aromatic carbocycles. The number of nitrogens with zero attached hydrogens (tertiary/aromatic N) is 2. The van der Waals surface area contributed by atoms with Crippen molar-refractivity contribution in [3.63, 3.8) is 0 Å². The Bertz CT molecular complexity index is 3970. The Balaban J connectivity index is 1.06. The summed E-state index contributed by atoms with van der Waals surface area (Å²) in [7, 11) is 0. The molecule has 0 radical (unpaired) electrons.